The maximum atomic E-state index is 12.1. The fourth-order valence-corrected chi connectivity index (χ4v) is 2.73. The molecule has 0 radical (unpaired) electrons. The molecular weight excluding hydrogens is 332 g/mol. The lowest BCUT2D eigenvalue weighted by molar-refractivity contribution is 0.0926. The van der Waals surface area contributed by atoms with Crippen molar-refractivity contribution in [1.82, 2.24) is 10.2 Å². The monoisotopic (exact) mass is 352 g/mol. The van der Waals surface area contributed by atoms with Crippen LogP contribution in [-0.4, -0.2) is 37.0 Å². The largest absolute Gasteiger partial charge is 0.451 e. The third kappa shape index (κ3) is 4.08. The van der Waals surface area contributed by atoms with E-state index in [2.05, 4.69) is 40.0 Å². The second-order valence-electron chi connectivity index (χ2n) is 4.90. The number of benzene rings is 1. The van der Waals surface area contributed by atoms with Gasteiger partial charge in [0.05, 0.1) is 0 Å². The number of fused-ring (bicyclic) bond motifs is 1. The third-order valence-corrected chi connectivity index (χ3v) is 4.25. The van der Waals surface area contributed by atoms with Crippen LogP contribution >= 0.6 is 15.9 Å². The van der Waals surface area contributed by atoms with E-state index in [1.165, 1.54) is 0 Å². The van der Waals surface area contributed by atoms with E-state index in [1.54, 1.807) is 6.07 Å². The minimum atomic E-state index is -0.155. The Balaban J connectivity index is 1.89. The molecule has 0 atom stereocenters. The van der Waals surface area contributed by atoms with Gasteiger partial charge in [-0.25, -0.2) is 0 Å². The summed E-state index contributed by atoms with van der Waals surface area (Å²) < 4.78 is 6.51. The SMILES string of the molecule is CCN(CC)CCCNC(=O)c1cc2c(Br)cccc2o1. The Hall–Kier alpha value is -1.33. The predicted molar refractivity (Wildman–Crippen MR) is 88.7 cm³/mol. The van der Waals surface area contributed by atoms with Crippen LogP contribution in [-0.2, 0) is 0 Å². The molecule has 0 saturated heterocycles. The van der Waals surface area contributed by atoms with Crippen molar-refractivity contribution in [3.05, 3.63) is 34.5 Å². The summed E-state index contributed by atoms with van der Waals surface area (Å²) in [6.45, 7) is 8.04. The summed E-state index contributed by atoms with van der Waals surface area (Å²) in [5.41, 5.74) is 0.720. The standard InChI is InChI=1S/C16H21BrN2O2/c1-3-19(4-2)10-6-9-18-16(20)15-11-12-13(17)7-5-8-14(12)21-15/h5,7-8,11H,3-4,6,9-10H2,1-2H3,(H,18,20). The summed E-state index contributed by atoms with van der Waals surface area (Å²) in [5, 5.41) is 3.83. The number of carbonyl (C=O) groups excluding carboxylic acids is 1. The highest BCUT2D eigenvalue weighted by Crippen LogP contribution is 2.26. The molecule has 114 valence electrons. The molecule has 2 rings (SSSR count). The van der Waals surface area contributed by atoms with E-state index in [1.807, 2.05) is 18.2 Å². The fraction of sp³-hybridized carbons (Fsp3) is 0.438. The Morgan fingerprint density at radius 3 is 2.76 bits per heavy atom. The van der Waals surface area contributed by atoms with Crippen molar-refractivity contribution in [3.63, 3.8) is 0 Å². The lowest BCUT2D eigenvalue weighted by Gasteiger charge is -2.17. The number of nitrogens with zero attached hydrogens (tertiary/aromatic N) is 1. The van der Waals surface area contributed by atoms with E-state index in [4.69, 9.17) is 4.42 Å². The number of nitrogens with one attached hydrogen (secondary N) is 1. The molecular formula is C16H21BrN2O2. The first-order valence-corrected chi connectivity index (χ1v) is 8.13. The first kappa shape index (κ1) is 16.0. The molecule has 1 aromatic carbocycles. The molecule has 1 aromatic heterocycles. The summed E-state index contributed by atoms with van der Waals surface area (Å²) in [7, 11) is 0. The lowest BCUT2D eigenvalue weighted by atomic mass is 10.2. The van der Waals surface area contributed by atoms with E-state index >= 15 is 0 Å². The molecule has 0 unspecified atom stereocenters. The average molecular weight is 353 g/mol. The van der Waals surface area contributed by atoms with Crippen molar-refractivity contribution < 1.29 is 9.21 Å². The maximum Gasteiger partial charge on any atom is 0.287 e. The fourth-order valence-electron chi connectivity index (χ4n) is 2.27. The third-order valence-electron chi connectivity index (χ3n) is 3.56. The van der Waals surface area contributed by atoms with Crippen LogP contribution < -0.4 is 5.32 Å². The summed E-state index contributed by atoms with van der Waals surface area (Å²) >= 11 is 3.46. The number of halogens is 1. The highest BCUT2D eigenvalue weighted by molar-refractivity contribution is 9.10. The van der Waals surface area contributed by atoms with Gasteiger partial charge in [-0.15, -0.1) is 0 Å². The van der Waals surface area contributed by atoms with E-state index in [0.717, 1.165) is 41.5 Å². The summed E-state index contributed by atoms with van der Waals surface area (Å²) in [6.07, 6.45) is 0.942. The molecule has 2 aromatic rings. The van der Waals surface area contributed by atoms with Gasteiger partial charge in [-0.2, -0.15) is 0 Å². The molecule has 0 bridgehead atoms. The molecule has 0 fully saturated rings. The van der Waals surface area contributed by atoms with Gasteiger partial charge < -0.3 is 14.6 Å². The Labute approximate surface area is 133 Å². The van der Waals surface area contributed by atoms with Crippen molar-refractivity contribution in [2.24, 2.45) is 0 Å². The van der Waals surface area contributed by atoms with Crippen molar-refractivity contribution in [2.45, 2.75) is 20.3 Å². The molecule has 0 saturated carbocycles. The van der Waals surface area contributed by atoms with Gasteiger partial charge >= 0.3 is 0 Å². The number of hydrogen-bond acceptors (Lipinski definition) is 3. The molecule has 0 aliphatic rings. The molecule has 0 aliphatic heterocycles. The molecule has 21 heavy (non-hydrogen) atoms. The van der Waals surface area contributed by atoms with Crippen LogP contribution in [0.1, 0.15) is 30.8 Å². The van der Waals surface area contributed by atoms with Gasteiger partial charge in [0.25, 0.3) is 5.91 Å². The summed E-state index contributed by atoms with van der Waals surface area (Å²) in [5.74, 6) is 0.206. The molecule has 0 spiro atoms. The minimum Gasteiger partial charge on any atom is -0.451 e. The highest BCUT2D eigenvalue weighted by atomic mass is 79.9. The first-order valence-electron chi connectivity index (χ1n) is 7.34. The Kier molecular flexibility index (Phi) is 5.82. The topological polar surface area (TPSA) is 45.5 Å². The smallest absolute Gasteiger partial charge is 0.287 e. The van der Waals surface area contributed by atoms with E-state index < -0.39 is 0 Å². The van der Waals surface area contributed by atoms with Crippen LogP contribution in [0.25, 0.3) is 11.0 Å². The van der Waals surface area contributed by atoms with Crippen molar-refractivity contribution in [1.29, 1.82) is 0 Å². The summed E-state index contributed by atoms with van der Waals surface area (Å²) in [6, 6.07) is 7.46. The first-order chi connectivity index (χ1) is 10.2. The molecule has 0 aliphatic carbocycles. The number of rotatable bonds is 7. The van der Waals surface area contributed by atoms with E-state index in [0.29, 0.717) is 12.3 Å². The van der Waals surface area contributed by atoms with E-state index in [9.17, 15) is 4.79 Å². The second-order valence-corrected chi connectivity index (χ2v) is 5.75. The van der Waals surface area contributed by atoms with Crippen molar-refractivity contribution in [3.8, 4) is 0 Å². The van der Waals surface area contributed by atoms with Gasteiger partial charge in [0, 0.05) is 16.4 Å². The molecule has 1 N–H and O–H groups in total. The van der Waals surface area contributed by atoms with Gasteiger partial charge in [0.2, 0.25) is 0 Å². The zero-order chi connectivity index (χ0) is 15.2. The van der Waals surface area contributed by atoms with Crippen molar-refractivity contribution in [2.75, 3.05) is 26.2 Å². The molecule has 1 amide bonds. The number of carbonyl (C=O) groups is 1. The van der Waals surface area contributed by atoms with Gasteiger partial charge in [-0.1, -0.05) is 35.8 Å². The quantitative estimate of drug-likeness (QED) is 0.773. The zero-order valence-corrected chi connectivity index (χ0v) is 14.1. The average Bonchev–Trinajstić information content (AvgIpc) is 2.93. The van der Waals surface area contributed by atoms with Crippen molar-refractivity contribution >= 4 is 32.8 Å². The van der Waals surface area contributed by atoms with Crippen LogP contribution in [0.5, 0.6) is 0 Å². The van der Waals surface area contributed by atoms with Crippen LogP contribution in [0.3, 0.4) is 0 Å². The number of amides is 1. The lowest BCUT2D eigenvalue weighted by Crippen LogP contribution is -2.29. The minimum absolute atomic E-state index is 0.155. The van der Waals surface area contributed by atoms with Gasteiger partial charge in [0.15, 0.2) is 5.76 Å². The Bertz CT molecular complexity index is 605. The van der Waals surface area contributed by atoms with Crippen LogP contribution in [0.4, 0.5) is 0 Å². The molecule has 5 heteroatoms. The molecule has 4 nitrogen and oxygen atoms in total. The molecule has 1 heterocycles. The summed E-state index contributed by atoms with van der Waals surface area (Å²) in [4.78, 5) is 14.4. The Morgan fingerprint density at radius 2 is 2.10 bits per heavy atom. The van der Waals surface area contributed by atoms with E-state index in [-0.39, 0.29) is 5.91 Å². The zero-order valence-electron chi connectivity index (χ0n) is 12.5. The maximum absolute atomic E-state index is 12.1. The van der Waals surface area contributed by atoms with Gasteiger partial charge in [-0.3, -0.25) is 4.79 Å². The van der Waals surface area contributed by atoms with Crippen LogP contribution in [0.15, 0.2) is 33.2 Å². The van der Waals surface area contributed by atoms with Gasteiger partial charge in [0.1, 0.15) is 5.58 Å². The Morgan fingerprint density at radius 1 is 1.33 bits per heavy atom. The predicted octanol–water partition coefficient (Wildman–Crippen LogP) is 3.66. The number of furan rings is 1. The normalized spacial score (nSPS) is 11.2. The van der Waals surface area contributed by atoms with Gasteiger partial charge in [-0.05, 0) is 44.3 Å². The number of hydrogen-bond donors (Lipinski definition) is 1. The van der Waals surface area contributed by atoms with Crippen LogP contribution in [0, 0.1) is 0 Å². The second kappa shape index (κ2) is 7.61. The van der Waals surface area contributed by atoms with Crippen LogP contribution in [0.2, 0.25) is 0 Å². The highest BCUT2D eigenvalue weighted by Gasteiger charge is 2.13.